The molecule has 0 fully saturated rings. The third kappa shape index (κ3) is 2.58. The Bertz CT molecular complexity index is 1530. The highest BCUT2D eigenvalue weighted by atomic mass is 16.5. The molecule has 0 saturated carbocycles. The highest BCUT2D eigenvalue weighted by Crippen LogP contribution is 2.50. The van der Waals surface area contributed by atoms with Crippen molar-refractivity contribution >= 4 is 33.1 Å². The van der Waals surface area contributed by atoms with E-state index in [-0.39, 0.29) is 11.5 Å². The standard InChI is InChI=1S/C27H19NO3/c1-30-21-12-6-4-10-18(21)24-23-17-9-3-2-8-16(17)14-15-20(23)28-26-19-11-5-7-13-22(19)31-27(29)25(24)26/h2-15,24,28H,1H3/t24-/m0/s1. The van der Waals surface area contributed by atoms with Crippen LogP contribution >= 0.6 is 0 Å². The molecule has 2 heterocycles. The van der Waals surface area contributed by atoms with Gasteiger partial charge in [-0.3, -0.25) is 0 Å². The summed E-state index contributed by atoms with van der Waals surface area (Å²) in [6.07, 6.45) is 0. The van der Waals surface area contributed by atoms with E-state index in [1.807, 2.05) is 60.7 Å². The van der Waals surface area contributed by atoms with Crippen LogP contribution in [0.3, 0.4) is 0 Å². The molecule has 4 heteroatoms. The predicted molar refractivity (Wildman–Crippen MR) is 124 cm³/mol. The van der Waals surface area contributed by atoms with E-state index in [4.69, 9.17) is 9.15 Å². The number of fused-ring (bicyclic) bond motifs is 6. The van der Waals surface area contributed by atoms with Gasteiger partial charge in [0.15, 0.2) is 0 Å². The lowest BCUT2D eigenvalue weighted by molar-refractivity contribution is 0.408. The number of para-hydroxylation sites is 2. The molecule has 1 aromatic heterocycles. The highest BCUT2D eigenvalue weighted by Gasteiger charge is 2.34. The second-order valence-electron chi connectivity index (χ2n) is 7.72. The molecule has 1 atom stereocenters. The fourth-order valence-electron chi connectivity index (χ4n) is 4.77. The van der Waals surface area contributed by atoms with Gasteiger partial charge in [0.25, 0.3) is 0 Å². The molecule has 5 aromatic rings. The first-order chi connectivity index (χ1) is 15.3. The summed E-state index contributed by atoms with van der Waals surface area (Å²) in [7, 11) is 1.66. The van der Waals surface area contributed by atoms with E-state index in [0.29, 0.717) is 11.1 Å². The van der Waals surface area contributed by atoms with Crippen LogP contribution in [0.1, 0.15) is 22.6 Å². The van der Waals surface area contributed by atoms with Crippen molar-refractivity contribution in [1.82, 2.24) is 0 Å². The molecule has 1 aliphatic rings. The molecule has 0 saturated heterocycles. The van der Waals surface area contributed by atoms with E-state index in [1.54, 1.807) is 7.11 Å². The van der Waals surface area contributed by atoms with E-state index in [2.05, 4.69) is 29.6 Å². The Morgan fingerprint density at radius 2 is 1.55 bits per heavy atom. The van der Waals surface area contributed by atoms with Gasteiger partial charge in [0.05, 0.1) is 18.4 Å². The monoisotopic (exact) mass is 405 g/mol. The van der Waals surface area contributed by atoms with Crippen molar-refractivity contribution in [3.63, 3.8) is 0 Å². The summed E-state index contributed by atoms with van der Waals surface area (Å²) in [6.45, 7) is 0. The molecule has 4 aromatic carbocycles. The summed E-state index contributed by atoms with van der Waals surface area (Å²) in [6, 6.07) is 28.0. The van der Waals surface area contributed by atoms with Gasteiger partial charge in [-0.05, 0) is 40.6 Å². The number of hydrogen-bond acceptors (Lipinski definition) is 4. The summed E-state index contributed by atoms with van der Waals surface area (Å²) in [5, 5.41) is 6.66. The van der Waals surface area contributed by atoms with Gasteiger partial charge < -0.3 is 14.5 Å². The maximum Gasteiger partial charge on any atom is 0.342 e. The minimum absolute atomic E-state index is 0.325. The van der Waals surface area contributed by atoms with Crippen molar-refractivity contribution in [3.05, 3.63) is 112 Å². The van der Waals surface area contributed by atoms with Crippen molar-refractivity contribution in [2.75, 3.05) is 12.4 Å². The largest absolute Gasteiger partial charge is 0.496 e. The van der Waals surface area contributed by atoms with Gasteiger partial charge in [-0.15, -0.1) is 0 Å². The number of benzene rings is 4. The van der Waals surface area contributed by atoms with Crippen molar-refractivity contribution in [1.29, 1.82) is 0 Å². The summed E-state index contributed by atoms with van der Waals surface area (Å²) in [5.41, 5.74) is 4.61. The number of anilines is 2. The lowest BCUT2D eigenvalue weighted by atomic mass is 9.78. The topological polar surface area (TPSA) is 51.5 Å². The fourth-order valence-corrected chi connectivity index (χ4v) is 4.77. The van der Waals surface area contributed by atoms with Gasteiger partial charge in [-0.25, -0.2) is 4.79 Å². The molecule has 1 aliphatic heterocycles. The molecule has 0 spiro atoms. The third-order valence-electron chi connectivity index (χ3n) is 6.11. The quantitative estimate of drug-likeness (QED) is 0.349. The molecule has 31 heavy (non-hydrogen) atoms. The molecule has 0 radical (unpaired) electrons. The number of ether oxygens (including phenoxy) is 1. The maximum absolute atomic E-state index is 13.4. The van der Waals surface area contributed by atoms with E-state index in [1.165, 1.54) is 0 Å². The van der Waals surface area contributed by atoms with Crippen LogP contribution in [0.15, 0.2) is 94.1 Å². The summed E-state index contributed by atoms with van der Waals surface area (Å²) in [4.78, 5) is 13.4. The van der Waals surface area contributed by atoms with E-state index >= 15 is 0 Å². The first kappa shape index (κ1) is 17.8. The summed E-state index contributed by atoms with van der Waals surface area (Å²) in [5.74, 6) is 0.418. The molecule has 0 unspecified atom stereocenters. The fraction of sp³-hybridized carbons (Fsp3) is 0.0741. The van der Waals surface area contributed by atoms with Gasteiger partial charge in [-0.2, -0.15) is 0 Å². The van der Waals surface area contributed by atoms with Gasteiger partial charge in [-0.1, -0.05) is 60.7 Å². The second-order valence-corrected chi connectivity index (χ2v) is 7.72. The molecule has 150 valence electrons. The Hall–Kier alpha value is -4.05. The zero-order chi connectivity index (χ0) is 20.9. The van der Waals surface area contributed by atoms with Crippen LogP contribution in [-0.4, -0.2) is 7.11 Å². The minimum Gasteiger partial charge on any atom is -0.496 e. The van der Waals surface area contributed by atoms with Crippen molar-refractivity contribution in [2.24, 2.45) is 0 Å². The van der Waals surface area contributed by atoms with Crippen LogP contribution in [0.25, 0.3) is 21.7 Å². The first-order valence-electron chi connectivity index (χ1n) is 10.2. The van der Waals surface area contributed by atoms with Crippen molar-refractivity contribution in [3.8, 4) is 5.75 Å². The lowest BCUT2D eigenvalue weighted by Crippen LogP contribution is -2.23. The van der Waals surface area contributed by atoms with Gasteiger partial charge >= 0.3 is 5.63 Å². The van der Waals surface area contributed by atoms with Crippen LogP contribution in [0.4, 0.5) is 11.4 Å². The number of nitrogens with one attached hydrogen (secondary N) is 1. The molecule has 0 bridgehead atoms. The SMILES string of the molecule is COc1ccccc1[C@@H]1c2c(c3ccccc3oc2=O)Nc2ccc3ccccc3c21. The van der Waals surface area contributed by atoms with Crippen LogP contribution in [0.2, 0.25) is 0 Å². The zero-order valence-electron chi connectivity index (χ0n) is 16.9. The van der Waals surface area contributed by atoms with Gasteiger partial charge in [0.2, 0.25) is 0 Å². The van der Waals surface area contributed by atoms with Gasteiger partial charge in [0.1, 0.15) is 11.3 Å². The molecule has 0 amide bonds. The molecule has 0 aliphatic carbocycles. The van der Waals surface area contributed by atoms with Crippen molar-refractivity contribution in [2.45, 2.75) is 5.92 Å². The number of rotatable bonds is 2. The minimum atomic E-state index is -0.337. The van der Waals surface area contributed by atoms with Gasteiger partial charge in [0, 0.05) is 22.6 Å². The van der Waals surface area contributed by atoms with Crippen LogP contribution < -0.4 is 15.7 Å². The summed E-state index contributed by atoms with van der Waals surface area (Å²) < 4.78 is 11.5. The van der Waals surface area contributed by atoms with Crippen molar-refractivity contribution < 1.29 is 9.15 Å². The Morgan fingerprint density at radius 3 is 2.42 bits per heavy atom. The summed E-state index contributed by atoms with van der Waals surface area (Å²) >= 11 is 0. The zero-order valence-corrected chi connectivity index (χ0v) is 16.9. The van der Waals surface area contributed by atoms with E-state index < -0.39 is 0 Å². The Balaban J connectivity index is 1.78. The molecule has 6 rings (SSSR count). The Kier molecular flexibility index (Phi) is 3.87. The Labute approximate surface area is 178 Å². The number of methoxy groups -OCH3 is 1. The first-order valence-corrected chi connectivity index (χ1v) is 10.2. The number of hydrogen-bond donors (Lipinski definition) is 1. The normalized spacial score (nSPS) is 14.7. The van der Waals surface area contributed by atoms with E-state index in [9.17, 15) is 4.79 Å². The lowest BCUT2D eigenvalue weighted by Gasteiger charge is -2.31. The molecular formula is C27H19NO3. The van der Waals surface area contributed by atoms with Crippen LogP contribution in [-0.2, 0) is 0 Å². The molecular weight excluding hydrogens is 386 g/mol. The average molecular weight is 405 g/mol. The van der Waals surface area contributed by atoms with Crippen LogP contribution in [0.5, 0.6) is 5.75 Å². The van der Waals surface area contributed by atoms with E-state index in [0.717, 1.165) is 44.4 Å². The predicted octanol–water partition coefficient (Wildman–Crippen LogP) is 6.19. The average Bonchev–Trinajstić information content (AvgIpc) is 2.82. The maximum atomic E-state index is 13.4. The highest BCUT2D eigenvalue weighted by molar-refractivity contribution is 6.00. The molecule has 4 nitrogen and oxygen atoms in total. The smallest absolute Gasteiger partial charge is 0.342 e. The van der Waals surface area contributed by atoms with Crippen LogP contribution in [0, 0.1) is 0 Å². The Morgan fingerprint density at radius 1 is 0.806 bits per heavy atom. The second kappa shape index (κ2) is 6.74. The third-order valence-corrected chi connectivity index (χ3v) is 6.11. The molecule has 1 N–H and O–H groups in total.